The molecule has 0 unspecified atom stereocenters. The van der Waals surface area contributed by atoms with E-state index >= 15 is 0 Å². The van der Waals surface area contributed by atoms with Crippen LogP contribution in [0, 0.1) is 0 Å². The molecular formula is C12H21N. The molecule has 1 nitrogen and oxygen atoms in total. The average molecular weight is 179 g/mol. The third-order valence-corrected chi connectivity index (χ3v) is 2.54. The molecule has 0 aromatic rings. The summed E-state index contributed by atoms with van der Waals surface area (Å²) in [6.07, 6.45) is 10.1. The Hall–Kier alpha value is -0.560. The maximum absolute atomic E-state index is 3.35. The predicted octanol–water partition coefficient (Wildman–Crippen LogP) is 3.04. The number of fused-ring (bicyclic) bond motifs is 1. The van der Waals surface area contributed by atoms with Crippen molar-refractivity contribution in [2.45, 2.75) is 39.5 Å². The first kappa shape index (κ1) is 10.5. The van der Waals surface area contributed by atoms with Crippen molar-refractivity contribution < 1.29 is 0 Å². The second-order valence-corrected chi connectivity index (χ2v) is 3.32. The topological polar surface area (TPSA) is 12.0 Å². The highest BCUT2D eigenvalue weighted by Crippen LogP contribution is 2.28. The standard InChI is InChI=1S/C10H15N.C2H6/c1-2-4-10-6-8-11-7-5-9(10)3-1;1-2/h5-6,11H,1-4,7-8H2;1-2H3. The van der Waals surface area contributed by atoms with E-state index in [4.69, 9.17) is 0 Å². The van der Waals surface area contributed by atoms with Crippen LogP contribution >= 0.6 is 0 Å². The SMILES string of the molecule is C1=C2CCCCC2=CCNC1.CC. The molecule has 74 valence electrons. The largest absolute Gasteiger partial charge is 0.310 e. The third-order valence-electron chi connectivity index (χ3n) is 2.54. The molecule has 1 fully saturated rings. The fraction of sp³-hybridized carbons (Fsp3) is 0.667. The minimum Gasteiger partial charge on any atom is -0.310 e. The molecule has 0 aromatic heterocycles. The second kappa shape index (κ2) is 5.98. The van der Waals surface area contributed by atoms with Gasteiger partial charge in [0.05, 0.1) is 0 Å². The lowest BCUT2D eigenvalue weighted by Gasteiger charge is -2.16. The van der Waals surface area contributed by atoms with Crippen molar-refractivity contribution in [2.75, 3.05) is 13.1 Å². The number of nitrogens with one attached hydrogen (secondary N) is 1. The van der Waals surface area contributed by atoms with Crippen LogP contribution in [0.4, 0.5) is 0 Å². The van der Waals surface area contributed by atoms with E-state index in [0.717, 1.165) is 13.1 Å². The van der Waals surface area contributed by atoms with Crippen molar-refractivity contribution in [1.29, 1.82) is 0 Å². The Morgan fingerprint density at radius 1 is 0.923 bits per heavy atom. The van der Waals surface area contributed by atoms with E-state index < -0.39 is 0 Å². The summed E-state index contributed by atoms with van der Waals surface area (Å²) < 4.78 is 0. The highest BCUT2D eigenvalue weighted by atomic mass is 14.8. The Labute approximate surface area is 81.9 Å². The first-order chi connectivity index (χ1) is 6.47. The Bertz CT molecular complexity index is 179. The van der Waals surface area contributed by atoms with Crippen molar-refractivity contribution in [3.63, 3.8) is 0 Å². The number of hydrogen-bond acceptors (Lipinski definition) is 1. The van der Waals surface area contributed by atoms with Crippen LogP contribution in [0.1, 0.15) is 39.5 Å². The minimum absolute atomic E-state index is 1.06. The molecule has 2 aliphatic rings. The van der Waals surface area contributed by atoms with Gasteiger partial charge in [0, 0.05) is 13.1 Å². The quantitative estimate of drug-likeness (QED) is 0.602. The van der Waals surface area contributed by atoms with Crippen LogP contribution in [0.3, 0.4) is 0 Å². The summed E-state index contributed by atoms with van der Waals surface area (Å²) in [6.45, 7) is 6.13. The fourth-order valence-electron chi connectivity index (χ4n) is 1.89. The molecule has 1 heterocycles. The molecule has 13 heavy (non-hydrogen) atoms. The maximum atomic E-state index is 3.35. The zero-order valence-electron chi connectivity index (χ0n) is 8.90. The molecule has 0 aromatic carbocycles. The van der Waals surface area contributed by atoms with E-state index in [9.17, 15) is 0 Å². The van der Waals surface area contributed by atoms with Gasteiger partial charge >= 0.3 is 0 Å². The lowest BCUT2D eigenvalue weighted by molar-refractivity contribution is 0.678. The second-order valence-electron chi connectivity index (χ2n) is 3.32. The molecule has 1 heteroatoms. The molecule has 0 bridgehead atoms. The van der Waals surface area contributed by atoms with Gasteiger partial charge in [-0.2, -0.15) is 0 Å². The van der Waals surface area contributed by atoms with Crippen molar-refractivity contribution in [3.8, 4) is 0 Å². The highest BCUT2D eigenvalue weighted by molar-refractivity contribution is 5.34. The predicted molar refractivity (Wildman–Crippen MR) is 58.9 cm³/mol. The van der Waals surface area contributed by atoms with E-state index in [2.05, 4.69) is 17.5 Å². The van der Waals surface area contributed by atoms with Gasteiger partial charge in [0.1, 0.15) is 0 Å². The van der Waals surface area contributed by atoms with Gasteiger partial charge in [-0.15, -0.1) is 0 Å². The fourth-order valence-corrected chi connectivity index (χ4v) is 1.89. The molecular weight excluding hydrogens is 158 g/mol. The van der Waals surface area contributed by atoms with Crippen molar-refractivity contribution in [1.82, 2.24) is 5.32 Å². The summed E-state index contributed by atoms with van der Waals surface area (Å²) in [5, 5.41) is 3.35. The van der Waals surface area contributed by atoms with Crippen LogP contribution in [-0.4, -0.2) is 13.1 Å². The number of rotatable bonds is 0. The van der Waals surface area contributed by atoms with Gasteiger partial charge in [-0.1, -0.05) is 26.0 Å². The van der Waals surface area contributed by atoms with Gasteiger partial charge < -0.3 is 5.32 Å². The maximum Gasteiger partial charge on any atom is 0.0143 e. The molecule has 1 aliphatic carbocycles. The average Bonchev–Trinajstić information content (AvgIpc) is 2.45. The van der Waals surface area contributed by atoms with Gasteiger partial charge in [-0.3, -0.25) is 0 Å². The van der Waals surface area contributed by atoms with Gasteiger partial charge in [-0.05, 0) is 36.8 Å². The smallest absolute Gasteiger partial charge is 0.0143 e. The first-order valence-electron chi connectivity index (χ1n) is 5.56. The molecule has 0 atom stereocenters. The number of allylic oxidation sites excluding steroid dienone is 2. The van der Waals surface area contributed by atoms with Crippen molar-refractivity contribution in [3.05, 3.63) is 23.3 Å². The zero-order valence-corrected chi connectivity index (χ0v) is 8.90. The molecule has 2 rings (SSSR count). The van der Waals surface area contributed by atoms with Crippen LogP contribution in [0.5, 0.6) is 0 Å². The summed E-state index contributed by atoms with van der Waals surface area (Å²) in [5.41, 5.74) is 3.22. The van der Waals surface area contributed by atoms with Crippen LogP contribution in [0.2, 0.25) is 0 Å². The summed E-state index contributed by atoms with van der Waals surface area (Å²) >= 11 is 0. The molecule has 1 saturated carbocycles. The summed E-state index contributed by atoms with van der Waals surface area (Å²) in [7, 11) is 0. The van der Waals surface area contributed by atoms with Gasteiger partial charge in [0.2, 0.25) is 0 Å². The van der Waals surface area contributed by atoms with Crippen molar-refractivity contribution >= 4 is 0 Å². The van der Waals surface area contributed by atoms with Crippen LogP contribution in [0.25, 0.3) is 0 Å². The van der Waals surface area contributed by atoms with Gasteiger partial charge in [0.25, 0.3) is 0 Å². The normalized spacial score (nSPS) is 21.4. The molecule has 0 amide bonds. The monoisotopic (exact) mass is 179 g/mol. The van der Waals surface area contributed by atoms with Crippen molar-refractivity contribution in [2.24, 2.45) is 0 Å². The molecule has 1 aliphatic heterocycles. The van der Waals surface area contributed by atoms with E-state index in [0.29, 0.717) is 0 Å². The van der Waals surface area contributed by atoms with E-state index in [1.54, 1.807) is 11.1 Å². The summed E-state index contributed by atoms with van der Waals surface area (Å²) in [5.74, 6) is 0. The van der Waals surface area contributed by atoms with E-state index in [1.807, 2.05) is 13.8 Å². The van der Waals surface area contributed by atoms with Gasteiger partial charge in [-0.25, -0.2) is 0 Å². The Kier molecular flexibility index (Phi) is 4.84. The Morgan fingerprint density at radius 2 is 1.38 bits per heavy atom. The lowest BCUT2D eigenvalue weighted by Crippen LogP contribution is -2.11. The van der Waals surface area contributed by atoms with Crippen LogP contribution in [-0.2, 0) is 0 Å². The molecule has 0 radical (unpaired) electrons. The van der Waals surface area contributed by atoms with Crippen LogP contribution < -0.4 is 5.32 Å². The van der Waals surface area contributed by atoms with E-state index in [-0.39, 0.29) is 0 Å². The van der Waals surface area contributed by atoms with Gasteiger partial charge in [0.15, 0.2) is 0 Å². The highest BCUT2D eigenvalue weighted by Gasteiger charge is 2.11. The number of hydrogen-bond donors (Lipinski definition) is 1. The first-order valence-corrected chi connectivity index (χ1v) is 5.56. The minimum atomic E-state index is 1.06. The Morgan fingerprint density at radius 3 is 1.85 bits per heavy atom. The molecule has 0 saturated heterocycles. The molecule has 0 spiro atoms. The third kappa shape index (κ3) is 3.00. The van der Waals surface area contributed by atoms with Crippen LogP contribution in [0.15, 0.2) is 23.3 Å². The van der Waals surface area contributed by atoms with E-state index in [1.165, 1.54) is 25.7 Å². The lowest BCUT2D eigenvalue weighted by atomic mass is 9.89. The summed E-state index contributed by atoms with van der Waals surface area (Å²) in [4.78, 5) is 0. The zero-order chi connectivity index (χ0) is 9.52. The summed E-state index contributed by atoms with van der Waals surface area (Å²) in [6, 6.07) is 0. The molecule has 1 N–H and O–H groups in total. The Balaban J connectivity index is 0.000000396.